The van der Waals surface area contributed by atoms with Gasteiger partial charge < -0.3 is 31.1 Å². The van der Waals surface area contributed by atoms with Crippen molar-refractivity contribution in [3.63, 3.8) is 0 Å². The first-order valence-corrected chi connectivity index (χ1v) is 13.8. The molecule has 0 spiro atoms. The summed E-state index contributed by atoms with van der Waals surface area (Å²) in [5.74, 6) is -7.16. The van der Waals surface area contributed by atoms with Crippen molar-refractivity contribution < 1.29 is 49.2 Å². The highest BCUT2D eigenvalue weighted by atomic mass is 31.1. The van der Waals surface area contributed by atoms with Crippen molar-refractivity contribution >= 4 is 59.5 Å². The summed E-state index contributed by atoms with van der Waals surface area (Å²) in [5, 5.41) is 43.2. The second-order valence-electron chi connectivity index (χ2n) is 9.19. The third-order valence-electron chi connectivity index (χ3n) is 6.03. The summed E-state index contributed by atoms with van der Waals surface area (Å²) in [6.07, 6.45) is -1.55. The third-order valence-corrected chi connectivity index (χ3v) is 8.48. The van der Waals surface area contributed by atoms with Gasteiger partial charge in [0.05, 0.1) is 12.8 Å². The van der Waals surface area contributed by atoms with Gasteiger partial charge in [0.25, 0.3) is 11.8 Å². The van der Waals surface area contributed by atoms with Gasteiger partial charge in [0.2, 0.25) is 0 Å². The molecule has 12 nitrogen and oxygen atoms in total. The molecule has 2 amide bonds. The number of carbonyl (C=O) groups excluding carboxylic acids is 2. The van der Waals surface area contributed by atoms with Crippen molar-refractivity contribution in [3.05, 3.63) is 89.5 Å². The molecule has 0 saturated carbocycles. The smallest absolute Gasteiger partial charge is 0.326 e. The Morgan fingerprint density at radius 3 is 1.17 bits per heavy atom. The molecule has 0 bridgehead atoms. The number of carbonyl (C=O) groups is 6. The van der Waals surface area contributed by atoms with Crippen molar-refractivity contribution in [3.8, 4) is 0 Å². The lowest BCUT2D eigenvalue weighted by molar-refractivity contribution is -0.145. The predicted molar refractivity (Wildman–Crippen MR) is 152 cm³/mol. The van der Waals surface area contributed by atoms with Crippen LogP contribution in [-0.2, 0) is 19.2 Å². The molecule has 0 heterocycles. The highest BCUT2D eigenvalue weighted by molar-refractivity contribution is 7.79. The van der Waals surface area contributed by atoms with Crippen LogP contribution in [0.1, 0.15) is 39.1 Å². The van der Waals surface area contributed by atoms with Crippen LogP contribution in [0.4, 0.5) is 0 Å². The highest BCUT2D eigenvalue weighted by Crippen LogP contribution is 2.33. The van der Waals surface area contributed by atoms with Gasteiger partial charge in [-0.15, -0.1) is 0 Å². The number of hydrogen-bond acceptors (Lipinski definition) is 6. The van der Waals surface area contributed by atoms with E-state index >= 15 is 0 Å². The van der Waals surface area contributed by atoms with Crippen LogP contribution in [0.3, 0.4) is 0 Å². The van der Waals surface area contributed by atoms with E-state index in [9.17, 15) is 39.0 Å². The van der Waals surface area contributed by atoms with Crippen molar-refractivity contribution in [1.29, 1.82) is 0 Å². The summed E-state index contributed by atoms with van der Waals surface area (Å²) in [6, 6.07) is 17.4. The first-order chi connectivity index (χ1) is 19.8. The number of aryl methyl sites for hydroxylation is 1. The van der Waals surface area contributed by atoms with Gasteiger partial charge in [-0.05, 0) is 55.0 Å². The number of carboxylic acid groups (broad SMARTS) is 4. The zero-order valence-electron chi connectivity index (χ0n) is 22.2. The first kappa shape index (κ1) is 31.4. The van der Waals surface area contributed by atoms with Gasteiger partial charge in [-0.3, -0.25) is 19.2 Å². The fourth-order valence-corrected chi connectivity index (χ4v) is 6.13. The molecule has 2 unspecified atom stereocenters. The summed E-state index contributed by atoms with van der Waals surface area (Å²) in [5.41, 5.74) is 1.31. The van der Waals surface area contributed by atoms with E-state index in [1.165, 1.54) is 24.3 Å². The van der Waals surface area contributed by atoms with Crippen molar-refractivity contribution in [2.45, 2.75) is 31.8 Å². The first-order valence-electron chi connectivity index (χ1n) is 12.4. The van der Waals surface area contributed by atoms with Crippen LogP contribution in [-0.4, -0.2) is 68.2 Å². The minimum atomic E-state index is -1.59. The summed E-state index contributed by atoms with van der Waals surface area (Å²) in [6.45, 7) is 1.94. The molecule has 218 valence electrons. The quantitative estimate of drug-likeness (QED) is 0.155. The molecular weight excluding hydrogens is 567 g/mol. The van der Waals surface area contributed by atoms with Crippen LogP contribution in [0.25, 0.3) is 0 Å². The van der Waals surface area contributed by atoms with E-state index in [0.717, 1.165) is 21.5 Å². The number of benzene rings is 3. The van der Waals surface area contributed by atoms with E-state index in [4.69, 9.17) is 10.2 Å². The maximum Gasteiger partial charge on any atom is 0.326 e. The number of hydrogen-bond donors (Lipinski definition) is 6. The molecular formula is C29H27N2O10P. The normalized spacial score (nSPS) is 12.8. The molecule has 3 aromatic carbocycles. The average molecular weight is 595 g/mol. The second-order valence-corrected chi connectivity index (χ2v) is 11.4. The molecule has 0 aromatic heterocycles. The maximum atomic E-state index is 12.6. The Kier molecular flexibility index (Phi) is 10.5. The largest absolute Gasteiger partial charge is 0.481 e. The molecule has 2 atom stereocenters. The number of aliphatic carboxylic acids is 4. The fourth-order valence-electron chi connectivity index (χ4n) is 3.90. The lowest BCUT2D eigenvalue weighted by Gasteiger charge is -2.20. The monoisotopic (exact) mass is 594 g/mol. The molecule has 13 heteroatoms. The lowest BCUT2D eigenvalue weighted by Crippen LogP contribution is -2.42. The van der Waals surface area contributed by atoms with E-state index in [-0.39, 0.29) is 11.1 Å². The van der Waals surface area contributed by atoms with Crippen molar-refractivity contribution in [2.24, 2.45) is 0 Å². The van der Waals surface area contributed by atoms with E-state index in [0.29, 0.717) is 0 Å². The number of rotatable bonds is 13. The molecule has 6 N–H and O–H groups in total. The Bertz CT molecular complexity index is 1400. The van der Waals surface area contributed by atoms with Gasteiger partial charge in [0.1, 0.15) is 12.1 Å². The van der Waals surface area contributed by atoms with Gasteiger partial charge in [-0.2, -0.15) is 0 Å². The topological polar surface area (TPSA) is 207 Å². The van der Waals surface area contributed by atoms with Crippen molar-refractivity contribution in [1.82, 2.24) is 10.6 Å². The molecule has 0 aliphatic heterocycles. The predicted octanol–water partition coefficient (Wildman–Crippen LogP) is 1.07. The zero-order valence-corrected chi connectivity index (χ0v) is 23.1. The number of nitrogens with one attached hydrogen (secondary N) is 2. The van der Waals surface area contributed by atoms with Gasteiger partial charge in [0, 0.05) is 11.1 Å². The molecule has 3 aromatic rings. The number of amides is 2. The van der Waals surface area contributed by atoms with E-state index in [2.05, 4.69) is 10.6 Å². The SMILES string of the molecule is Cc1ccc(P(c2ccc(C(=O)NC(CC(=O)O)C(=O)O)cc2)c2ccc(C(=O)NC(CC(=O)O)C(=O)O)cc2)cc1. The Balaban J connectivity index is 1.89. The Morgan fingerprint density at radius 2 is 0.881 bits per heavy atom. The Morgan fingerprint density at radius 1 is 0.571 bits per heavy atom. The molecule has 0 radical (unpaired) electrons. The van der Waals surface area contributed by atoms with E-state index < -0.39 is 68.5 Å². The minimum absolute atomic E-state index is 0.135. The van der Waals surface area contributed by atoms with Crippen LogP contribution in [0.2, 0.25) is 0 Å². The second kappa shape index (κ2) is 14.0. The highest BCUT2D eigenvalue weighted by Gasteiger charge is 2.25. The molecule has 0 aliphatic rings. The molecule has 3 rings (SSSR count). The molecule has 0 fully saturated rings. The summed E-state index contributed by atoms with van der Waals surface area (Å²) < 4.78 is 0. The summed E-state index contributed by atoms with van der Waals surface area (Å²) >= 11 is 0. The lowest BCUT2D eigenvalue weighted by atomic mass is 10.1. The molecule has 42 heavy (non-hydrogen) atoms. The third kappa shape index (κ3) is 8.45. The van der Waals surface area contributed by atoms with Crippen LogP contribution in [0.15, 0.2) is 72.8 Å². The van der Waals surface area contributed by atoms with Gasteiger partial charge in [-0.1, -0.05) is 54.1 Å². The summed E-state index contributed by atoms with van der Waals surface area (Å²) in [4.78, 5) is 69.7. The van der Waals surface area contributed by atoms with E-state index in [1.54, 1.807) is 24.3 Å². The zero-order chi connectivity index (χ0) is 31.0. The Hall–Kier alpha value is -5.09. The average Bonchev–Trinajstić information content (AvgIpc) is 2.93. The van der Waals surface area contributed by atoms with Crippen LogP contribution in [0.5, 0.6) is 0 Å². The van der Waals surface area contributed by atoms with Gasteiger partial charge >= 0.3 is 23.9 Å². The molecule has 0 aliphatic carbocycles. The number of carboxylic acids is 4. The fraction of sp³-hybridized carbons (Fsp3) is 0.172. The van der Waals surface area contributed by atoms with Crippen LogP contribution < -0.4 is 26.5 Å². The Labute approximate surface area is 240 Å². The van der Waals surface area contributed by atoms with Crippen molar-refractivity contribution in [2.75, 3.05) is 0 Å². The minimum Gasteiger partial charge on any atom is -0.481 e. The molecule has 0 saturated heterocycles. The summed E-state index contributed by atoms with van der Waals surface area (Å²) in [7, 11) is -1.21. The van der Waals surface area contributed by atoms with Gasteiger partial charge in [0.15, 0.2) is 0 Å². The van der Waals surface area contributed by atoms with Gasteiger partial charge in [-0.25, -0.2) is 9.59 Å². The van der Waals surface area contributed by atoms with Crippen LogP contribution >= 0.6 is 7.92 Å². The van der Waals surface area contributed by atoms with E-state index in [1.807, 2.05) is 31.2 Å². The standard InChI is InChI=1S/C29H27N2O10P/c1-16-2-8-19(9-3-16)42(20-10-4-17(5-11-20)26(36)30-22(28(38)39)14-24(32)33)21-12-6-18(7-13-21)27(37)31-23(29(40)41)15-25(34)35/h2-13,22-23H,14-15H2,1H3,(H,30,36)(H,31,37)(H,32,33)(H,34,35)(H,38,39)(H,40,41). The maximum absolute atomic E-state index is 12.6. The van der Waals surface area contributed by atoms with Crippen LogP contribution in [0, 0.1) is 6.92 Å².